The molecule has 3 aromatic carbocycles. The third kappa shape index (κ3) is 7.64. The molecule has 0 N–H and O–H groups in total. The van der Waals surface area contributed by atoms with Gasteiger partial charge in [0.25, 0.3) is 5.69 Å². The van der Waals surface area contributed by atoms with E-state index in [1.54, 1.807) is 12.1 Å². The van der Waals surface area contributed by atoms with Gasteiger partial charge >= 0.3 is 0 Å². The van der Waals surface area contributed by atoms with E-state index in [9.17, 15) is 14.9 Å². The van der Waals surface area contributed by atoms with Crippen molar-refractivity contribution in [2.24, 2.45) is 5.92 Å². The van der Waals surface area contributed by atoms with Crippen molar-refractivity contribution in [3.63, 3.8) is 0 Å². The lowest BCUT2D eigenvalue weighted by atomic mass is 9.90. The first-order valence-electron chi connectivity index (χ1n) is 14.8. The van der Waals surface area contributed by atoms with Crippen LogP contribution >= 0.6 is 0 Å². The fraction of sp³-hybridized carbons (Fsp3) is 0.441. The molecule has 0 atom stereocenters. The zero-order valence-electron chi connectivity index (χ0n) is 23.7. The summed E-state index contributed by atoms with van der Waals surface area (Å²) in [4.78, 5) is 28.6. The summed E-state index contributed by atoms with van der Waals surface area (Å²) in [6.07, 6.45) is 7.09. The van der Waals surface area contributed by atoms with Crippen molar-refractivity contribution in [1.82, 2.24) is 9.80 Å². The maximum absolute atomic E-state index is 13.1. The zero-order chi connectivity index (χ0) is 27.9. The van der Waals surface area contributed by atoms with E-state index in [0.717, 1.165) is 82.0 Å². The van der Waals surface area contributed by atoms with E-state index in [2.05, 4.69) is 53.1 Å². The molecule has 210 valence electrons. The monoisotopic (exact) mass is 539 g/mol. The van der Waals surface area contributed by atoms with E-state index in [4.69, 9.17) is 0 Å². The smallest absolute Gasteiger partial charge is 0.269 e. The number of nitro groups is 1. The Morgan fingerprint density at radius 1 is 0.825 bits per heavy atom. The Morgan fingerprint density at radius 3 is 2.08 bits per heavy atom. The number of carbonyl (C=O) groups excluding carboxylic acids is 1. The number of ketones is 1. The zero-order valence-corrected chi connectivity index (χ0v) is 23.7. The number of hydrogen-bond donors (Lipinski definition) is 0. The average Bonchev–Trinajstić information content (AvgIpc) is 3.17. The molecule has 2 heterocycles. The molecule has 0 saturated carbocycles. The Balaban J connectivity index is 1.05. The molecule has 0 unspecified atom stereocenters. The number of rotatable bonds is 10. The first kappa shape index (κ1) is 28.2. The molecule has 5 rings (SSSR count). The van der Waals surface area contributed by atoms with Crippen molar-refractivity contribution in [3.05, 3.63) is 110 Å². The Kier molecular flexibility index (Phi) is 9.40. The number of non-ortho nitro benzene ring substituents is 1. The van der Waals surface area contributed by atoms with Gasteiger partial charge in [0.2, 0.25) is 0 Å². The number of aryl methyl sites for hydroxylation is 1. The number of likely N-dealkylation sites (tertiary alicyclic amines) is 1. The summed E-state index contributed by atoms with van der Waals surface area (Å²) in [5.41, 5.74) is 7.40. The quantitative estimate of drug-likeness (QED) is 0.162. The van der Waals surface area contributed by atoms with Crippen LogP contribution in [0.25, 0.3) is 0 Å². The Morgan fingerprint density at radius 2 is 1.43 bits per heavy atom. The number of nitro benzene ring substituents is 1. The van der Waals surface area contributed by atoms with Gasteiger partial charge in [0.05, 0.1) is 4.92 Å². The summed E-state index contributed by atoms with van der Waals surface area (Å²) in [6, 6.07) is 22.1. The fourth-order valence-electron chi connectivity index (χ4n) is 6.16. The van der Waals surface area contributed by atoms with E-state index in [0.29, 0.717) is 6.42 Å². The number of Topliss-reactive ketones (excluding diaryl/α,β-unsaturated/α-hetero) is 1. The van der Waals surface area contributed by atoms with E-state index in [1.807, 2.05) is 18.2 Å². The van der Waals surface area contributed by atoms with Crippen molar-refractivity contribution in [3.8, 4) is 0 Å². The lowest BCUT2D eigenvalue weighted by Crippen LogP contribution is -2.33. The molecule has 6 heteroatoms. The first-order chi connectivity index (χ1) is 19.4. The fourth-order valence-corrected chi connectivity index (χ4v) is 6.16. The first-order valence-corrected chi connectivity index (χ1v) is 14.8. The minimum absolute atomic E-state index is 0.128. The van der Waals surface area contributed by atoms with Crippen molar-refractivity contribution in [1.29, 1.82) is 0 Å². The van der Waals surface area contributed by atoms with Gasteiger partial charge in [-0.05, 0) is 92.8 Å². The van der Waals surface area contributed by atoms with Crippen molar-refractivity contribution >= 4 is 11.5 Å². The van der Waals surface area contributed by atoms with Crippen molar-refractivity contribution in [2.45, 2.75) is 65.0 Å². The molecule has 0 bridgehead atoms. The Bertz CT molecular complexity index is 1300. The van der Waals surface area contributed by atoms with E-state index >= 15 is 0 Å². The molecule has 2 aliphatic heterocycles. The van der Waals surface area contributed by atoms with Gasteiger partial charge < -0.3 is 0 Å². The largest absolute Gasteiger partial charge is 0.299 e. The third-order valence-electron chi connectivity index (χ3n) is 8.73. The molecule has 0 amide bonds. The van der Waals surface area contributed by atoms with Crippen LogP contribution in [-0.2, 0) is 25.9 Å². The molecule has 0 radical (unpaired) electrons. The van der Waals surface area contributed by atoms with Gasteiger partial charge in [-0.3, -0.25) is 24.7 Å². The number of benzene rings is 3. The molecule has 1 saturated heterocycles. The molecule has 0 aromatic heterocycles. The Hall–Kier alpha value is -3.35. The predicted octanol–water partition coefficient (Wildman–Crippen LogP) is 6.77. The van der Waals surface area contributed by atoms with E-state index in [1.165, 1.54) is 35.1 Å². The van der Waals surface area contributed by atoms with Gasteiger partial charge in [-0.2, -0.15) is 0 Å². The molecule has 1 fully saturated rings. The molecule has 0 spiro atoms. The van der Waals surface area contributed by atoms with Gasteiger partial charge in [0.1, 0.15) is 0 Å². The van der Waals surface area contributed by atoms with Gasteiger partial charge in [-0.25, -0.2) is 0 Å². The van der Waals surface area contributed by atoms with Gasteiger partial charge in [0.15, 0.2) is 5.78 Å². The SMILES string of the molecule is Cc1ccc(CN2CCC(CCCC(=O)c3ccc4c(c3)CCN(Cc3ccc([N+](=O)[O-])cc3)CC4)CC2)cc1. The lowest BCUT2D eigenvalue weighted by Gasteiger charge is -2.32. The summed E-state index contributed by atoms with van der Waals surface area (Å²) in [6.45, 7) is 8.12. The highest BCUT2D eigenvalue weighted by molar-refractivity contribution is 5.96. The van der Waals surface area contributed by atoms with Crippen LogP contribution in [0.4, 0.5) is 5.69 Å². The molecule has 2 aliphatic rings. The highest BCUT2D eigenvalue weighted by Crippen LogP contribution is 2.25. The molecular formula is C34H41N3O3. The van der Waals surface area contributed by atoms with Crippen LogP contribution in [0.3, 0.4) is 0 Å². The molecular weight excluding hydrogens is 498 g/mol. The number of hydrogen-bond acceptors (Lipinski definition) is 5. The summed E-state index contributed by atoms with van der Waals surface area (Å²) in [5, 5.41) is 10.9. The highest BCUT2D eigenvalue weighted by Gasteiger charge is 2.20. The average molecular weight is 540 g/mol. The molecule has 6 nitrogen and oxygen atoms in total. The van der Waals surface area contributed by atoms with Crippen LogP contribution in [0.15, 0.2) is 66.7 Å². The van der Waals surface area contributed by atoms with E-state index < -0.39 is 0 Å². The number of carbonyl (C=O) groups is 1. The second-order valence-electron chi connectivity index (χ2n) is 11.7. The maximum Gasteiger partial charge on any atom is 0.269 e. The minimum Gasteiger partial charge on any atom is -0.299 e. The summed E-state index contributed by atoms with van der Waals surface area (Å²) >= 11 is 0. The normalized spacial score (nSPS) is 16.8. The summed E-state index contributed by atoms with van der Waals surface area (Å²) in [5.74, 6) is 1.00. The third-order valence-corrected chi connectivity index (χ3v) is 8.73. The van der Waals surface area contributed by atoms with Crippen molar-refractivity contribution in [2.75, 3.05) is 26.2 Å². The van der Waals surface area contributed by atoms with Crippen LogP contribution in [0.1, 0.15) is 70.3 Å². The van der Waals surface area contributed by atoms with E-state index in [-0.39, 0.29) is 16.4 Å². The summed E-state index contributed by atoms with van der Waals surface area (Å²) < 4.78 is 0. The highest BCUT2D eigenvalue weighted by atomic mass is 16.6. The number of fused-ring (bicyclic) bond motifs is 1. The van der Waals surface area contributed by atoms with Crippen LogP contribution in [-0.4, -0.2) is 46.7 Å². The standard InChI is InChI=1S/C34H41N3O3/c1-26-5-7-28(8-6-26)24-35-19-15-27(16-20-35)3-2-4-34(38)32-12-11-30-17-21-36(22-18-31(30)23-32)25-29-9-13-33(14-10-29)37(39)40/h5-14,23,27H,2-4,15-22,24-25H2,1H3. The lowest BCUT2D eigenvalue weighted by molar-refractivity contribution is -0.384. The molecule has 40 heavy (non-hydrogen) atoms. The number of nitrogens with zero attached hydrogens (tertiary/aromatic N) is 3. The second kappa shape index (κ2) is 13.3. The van der Waals surface area contributed by atoms with Crippen molar-refractivity contribution < 1.29 is 9.72 Å². The van der Waals surface area contributed by atoms with Gasteiger partial charge in [0, 0.05) is 50.3 Å². The topological polar surface area (TPSA) is 66.7 Å². The van der Waals surface area contributed by atoms with Gasteiger partial charge in [-0.1, -0.05) is 54.1 Å². The maximum atomic E-state index is 13.1. The van der Waals surface area contributed by atoms with Gasteiger partial charge in [-0.15, -0.1) is 0 Å². The summed E-state index contributed by atoms with van der Waals surface area (Å²) in [7, 11) is 0. The number of piperidine rings is 1. The Labute approximate surface area is 238 Å². The minimum atomic E-state index is -0.359. The molecule has 0 aliphatic carbocycles. The van der Waals surface area contributed by atoms with Crippen LogP contribution in [0.5, 0.6) is 0 Å². The predicted molar refractivity (Wildman–Crippen MR) is 160 cm³/mol. The van der Waals surface area contributed by atoms with Crippen LogP contribution < -0.4 is 0 Å². The molecule has 3 aromatic rings. The van der Waals surface area contributed by atoms with Crippen LogP contribution in [0, 0.1) is 23.0 Å². The second-order valence-corrected chi connectivity index (χ2v) is 11.7. The van der Waals surface area contributed by atoms with Crippen LogP contribution in [0.2, 0.25) is 0 Å².